The van der Waals surface area contributed by atoms with E-state index in [1.54, 1.807) is 12.3 Å². The van der Waals surface area contributed by atoms with Crippen molar-refractivity contribution in [1.29, 1.82) is 0 Å². The number of nitrogens with one attached hydrogen (secondary N) is 1. The molecule has 1 N–H and O–H groups in total. The van der Waals surface area contributed by atoms with Gasteiger partial charge in [-0.15, -0.1) is 0 Å². The minimum absolute atomic E-state index is 0.528. The number of H-pyrrole nitrogens is 1. The zero-order chi connectivity index (χ0) is 5.11. The summed E-state index contributed by atoms with van der Waals surface area (Å²) < 4.78 is 4.36. The van der Waals surface area contributed by atoms with Crippen molar-refractivity contribution in [3.63, 3.8) is 0 Å². The molecule has 1 aromatic heterocycles. The van der Waals surface area contributed by atoms with Gasteiger partial charge in [0.15, 0.2) is 0 Å². The normalized spacial score (nSPS) is 8.86. The summed E-state index contributed by atoms with van der Waals surface area (Å²) in [6.45, 7) is 0. The first-order chi connectivity index (χ1) is 3.43. The van der Waals surface area contributed by atoms with Gasteiger partial charge in [-0.05, 0) is 0 Å². The van der Waals surface area contributed by atoms with Gasteiger partial charge in [0.2, 0.25) is 0 Å². The van der Waals surface area contributed by atoms with Crippen LogP contribution in [0, 0.1) is 0 Å². The van der Waals surface area contributed by atoms with Crippen molar-refractivity contribution in [2.24, 2.45) is 0 Å². The van der Waals surface area contributed by atoms with Crippen LogP contribution in [0.1, 0.15) is 0 Å². The topological polar surface area (TPSA) is 37.9 Å². The Bertz CT molecular complexity index is 127. The number of hydrogen-bond acceptors (Lipinski definition) is 2. The third kappa shape index (κ3) is 0.934. The summed E-state index contributed by atoms with van der Waals surface area (Å²) in [4.78, 5) is 0. The zero-order valence-corrected chi connectivity index (χ0v) is 4.31. The van der Waals surface area contributed by atoms with Gasteiger partial charge in [0.1, 0.15) is 0 Å². The number of rotatable bonds is 1. The first-order valence-electron chi connectivity index (χ1n) is 1.69. The van der Waals surface area contributed by atoms with Crippen molar-refractivity contribution in [2.45, 2.75) is 0 Å². The Morgan fingerprint density at radius 3 is 3.00 bits per heavy atom. The maximum atomic E-state index is 4.36. The molecule has 0 atom stereocenters. The molecule has 7 heavy (non-hydrogen) atoms. The number of nitrogens with zero attached hydrogens (tertiary/aromatic N) is 1. The number of hydrogen-bond donors (Lipinski definition) is 1. The summed E-state index contributed by atoms with van der Waals surface area (Å²) in [5.41, 5.74) is 0. The second kappa shape index (κ2) is 1.98. The standard InChI is InChI=1S/C3H4N2O.Ni/c6-3-1-2-4-5-3;/h1-2H,(H2,4,5,6);/q;+1/p-1. The van der Waals surface area contributed by atoms with Gasteiger partial charge in [-0.3, -0.25) is 0 Å². The molecule has 0 amide bonds. The van der Waals surface area contributed by atoms with E-state index in [0.29, 0.717) is 5.88 Å². The molecule has 0 spiro atoms. The van der Waals surface area contributed by atoms with Gasteiger partial charge >= 0.3 is 48.0 Å². The molecule has 4 heteroatoms. The van der Waals surface area contributed by atoms with Crippen molar-refractivity contribution in [3.8, 4) is 5.88 Å². The van der Waals surface area contributed by atoms with Gasteiger partial charge in [-0.25, -0.2) is 0 Å². The van der Waals surface area contributed by atoms with Crippen LogP contribution in [-0.4, -0.2) is 10.2 Å². The predicted octanol–water partition coefficient (Wildman–Crippen LogP) is 0.250. The first kappa shape index (κ1) is 4.66. The molecule has 3 nitrogen and oxygen atoms in total. The van der Waals surface area contributed by atoms with Crippen LogP contribution in [0.5, 0.6) is 5.88 Å². The van der Waals surface area contributed by atoms with Gasteiger partial charge in [0.05, 0.1) is 0 Å². The van der Waals surface area contributed by atoms with Crippen LogP contribution in [-0.2, 0) is 15.8 Å². The van der Waals surface area contributed by atoms with Crippen molar-refractivity contribution in [3.05, 3.63) is 12.3 Å². The fourth-order valence-corrected chi connectivity index (χ4v) is 0.391. The molecule has 0 saturated carbocycles. The molecule has 0 aromatic carbocycles. The number of aromatic amines is 1. The summed E-state index contributed by atoms with van der Waals surface area (Å²) in [5, 5.41) is 6.10. The van der Waals surface area contributed by atoms with Gasteiger partial charge in [0, 0.05) is 0 Å². The van der Waals surface area contributed by atoms with E-state index in [9.17, 15) is 0 Å². The predicted molar refractivity (Wildman–Crippen MR) is 19.2 cm³/mol. The van der Waals surface area contributed by atoms with E-state index in [4.69, 9.17) is 0 Å². The van der Waals surface area contributed by atoms with E-state index in [1.807, 2.05) is 0 Å². The van der Waals surface area contributed by atoms with Gasteiger partial charge in [0.25, 0.3) is 0 Å². The molecule has 0 aliphatic rings. The first-order valence-corrected chi connectivity index (χ1v) is 2.09. The van der Waals surface area contributed by atoms with Crippen LogP contribution >= 0.6 is 0 Å². The monoisotopic (exact) mass is 141 g/mol. The van der Waals surface area contributed by atoms with Crippen LogP contribution in [0.2, 0.25) is 0 Å². The SMILES string of the molecule is [Ni][O]c1ccn[nH]1. The Labute approximate surface area is 48.7 Å². The quantitative estimate of drug-likeness (QED) is 0.570. The van der Waals surface area contributed by atoms with Gasteiger partial charge < -0.3 is 0 Å². The average Bonchev–Trinajstić information content (AvgIpc) is 2.14. The van der Waals surface area contributed by atoms with Crippen molar-refractivity contribution >= 4 is 0 Å². The Morgan fingerprint density at radius 1 is 1.86 bits per heavy atom. The van der Waals surface area contributed by atoms with Crippen LogP contribution in [0.15, 0.2) is 12.3 Å². The molecule has 0 saturated heterocycles. The molecule has 41 valence electrons. The summed E-state index contributed by atoms with van der Waals surface area (Å²) in [7, 11) is 0. The van der Waals surface area contributed by atoms with E-state index < -0.39 is 0 Å². The van der Waals surface area contributed by atoms with Crippen LogP contribution in [0.3, 0.4) is 0 Å². The summed E-state index contributed by atoms with van der Waals surface area (Å²) in [6.07, 6.45) is 1.58. The fraction of sp³-hybridized carbons (Fsp3) is 0. The Hall–Kier alpha value is -0.496. The van der Waals surface area contributed by atoms with E-state index in [1.165, 1.54) is 0 Å². The van der Waals surface area contributed by atoms with E-state index in [2.05, 4.69) is 29.9 Å². The Kier molecular flexibility index (Phi) is 1.32. The van der Waals surface area contributed by atoms with Crippen molar-refractivity contribution < 1.29 is 19.7 Å². The Morgan fingerprint density at radius 2 is 2.71 bits per heavy atom. The molecule has 0 unspecified atom stereocenters. The minimum atomic E-state index is 0.528. The summed E-state index contributed by atoms with van der Waals surface area (Å²) >= 11 is 3.94. The fourth-order valence-electron chi connectivity index (χ4n) is 0.279. The maximum absolute atomic E-state index is 4.36. The van der Waals surface area contributed by atoms with Gasteiger partial charge in [-0.1, -0.05) is 0 Å². The molecule has 1 aromatic rings. The molecule has 1 rings (SSSR count). The molecule has 0 radical (unpaired) electrons. The van der Waals surface area contributed by atoms with Crippen molar-refractivity contribution in [2.75, 3.05) is 0 Å². The molecular weight excluding hydrogens is 139 g/mol. The molecule has 1 heterocycles. The number of aromatic nitrogens is 2. The molecular formula is C3H3N2NiO. The molecule has 0 fully saturated rings. The van der Waals surface area contributed by atoms with Crippen molar-refractivity contribution in [1.82, 2.24) is 10.2 Å². The summed E-state index contributed by atoms with van der Waals surface area (Å²) in [6, 6.07) is 1.66. The molecule has 0 aliphatic carbocycles. The van der Waals surface area contributed by atoms with E-state index in [-0.39, 0.29) is 0 Å². The van der Waals surface area contributed by atoms with Crippen LogP contribution < -0.4 is 3.88 Å². The molecule has 0 bridgehead atoms. The van der Waals surface area contributed by atoms with Gasteiger partial charge in [-0.2, -0.15) is 0 Å². The Balaban J connectivity index is 2.76. The second-order valence-corrected chi connectivity index (χ2v) is 1.19. The third-order valence-electron chi connectivity index (χ3n) is 0.545. The van der Waals surface area contributed by atoms with Crippen LogP contribution in [0.4, 0.5) is 0 Å². The van der Waals surface area contributed by atoms with E-state index >= 15 is 0 Å². The third-order valence-corrected chi connectivity index (χ3v) is 0.762. The average molecular weight is 142 g/mol. The summed E-state index contributed by atoms with van der Waals surface area (Å²) in [5.74, 6) is 0.528. The second-order valence-electron chi connectivity index (χ2n) is 0.985. The molecule has 0 aliphatic heterocycles. The van der Waals surface area contributed by atoms with Crippen LogP contribution in [0.25, 0.3) is 0 Å². The zero-order valence-electron chi connectivity index (χ0n) is 3.33. The van der Waals surface area contributed by atoms with E-state index in [0.717, 1.165) is 0 Å².